The van der Waals surface area contributed by atoms with Crippen LogP contribution >= 0.6 is 0 Å². The lowest BCUT2D eigenvalue weighted by Crippen LogP contribution is -2.24. The van der Waals surface area contributed by atoms with Crippen LogP contribution in [0.25, 0.3) is 0 Å². The minimum Gasteiger partial charge on any atom is -0.352 e. The topological polar surface area (TPSA) is 41.5 Å². The van der Waals surface area contributed by atoms with Crippen molar-refractivity contribution in [1.82, 2.24) is 5.32 Å². The van der Waals surface area contributed by atoms with Crippen LogP contribution in [0.2, 0.25) is 0 Å². The molecule has 0 bridgehead atoms. The molecule has 29 heavy (non-hydrogen) atoms. The first-order valence-electron chi connectivity index (χ1n) is 9.08. The van der Waals surface area contributed by atoms with Gasteiger partial charge in [0, 0.05) is 12.3 Å². The summed E-state index contributed by atoms with van der Waals surface area (Å²) >= 11 is 0. The van der Waals surface area contributed by atoms with E-state index in [0.29, 0.717) is 6.07 Å². The number of nitrogens with zero attached hydrogens (tertiary/aromatic N) is 1. The van der Waals surface area contributed by atoms with Crippen molar-refractivity contribution in [3.05, 3.63) is 82.2 Å². The second kappa shape index (κ2) is 8.19. The van der Waals surface area contributed by atoms with E-state index in [4.69, 9.17) is 0 Å². The summed E-state index contributed by atoms with van der Waals surface area (Å²) in [4.78, 5) is 17.0. The number of halogens is 4. The number of hydrogen-bond donors (Lipinski definition) is 1. The predicted octanol–water partition coefficient (Wildman–Crippen LogP) is 5.38. The molecule has 1 amide bonds. The molecular weight excluding hydrogens is 384 g/mol. The molecule has 3 rings (SSSR count). The molecule has 1 atom stereocenters. The minimum absolute atomic E-state index is 0.0812. The smallest absolute Gasteiger partial charge is 0.352 e. The molecule has 0 aliphatic carbocycles. The van der Waals surface area contributed by atoms with E-state index in [2.05, 4.69) is 10.3 Å². The Morgan fingerprint density at radius 3 is 2.45 bits per heavy atom. The molecule has 3 nitrogen and oxygen atoms in total. The molecule has 1 unspecified atom stereocenters. The van der Waals surface area contributed by atoms with Crippen LogP contribution in [0, 0.1) is 5.82 Å². The van der Waals surface area contributed by atoms with Gasteiger partial charge < -0.3 is 5.32 Å². The van der Waals surface area contributed by atoms with E-state index in [1.807, 2.05) is 44.2 Å². The molecule has 1 aliphatic heterocycles. The van der Waals surface area contributed by atoms with Crippen molar-refractivity contribution in [2.24, 2.45) is 4.99 Å². The van der Waals surface area contributed by atoms with E-state index in [1.54, 1.807) is 0 Å². The average molecular weight is 404 g/mol. The van der Waals surface area contributed by atoms with Gasteiger partial charge in [-0.1, -0.05) is 36.4 Å². The van der Waals surface area contributed by atoms with Gasteiger partial charge in [-0.2, -0.15) is 13.2 Å². The van der Waals surface area contributed by atoms with Gasteiger partial charge in [0.2, 0.25) is 5.91 Å². The molecule has 0 spiro atoms. The first kappa shape index (κ1) is 20.8. The van der Waals surface area contributed by atoms with Crippen LogP contribution in [-0.4, -0.2) is 11.6 Å². The molecule has 1 heterocycles. The Bertz CT molecular complexity index is 978. The zero-order chi connectivity index (χ0) is 21.2. The highest BCUT2D eigenvalue weighted by atomic mass is 19.4. The van der Waals surface area contributed by atoms with Gasteiger partial charge in [0.25, 0.3) is 0 Å². The standard InChI is InChI=1S/C22H20F4N2O/c1-13-17(14(2)28-21(13)16-6-4-3-5-7-16)11-20(29)27-12-15-8-9-19(23)18(10-15)22(24,25)26/h3-10,21H,11-12H2,1-2H3,(H,27,29). The van der Waals surface area contributed by atoms with Crippen molar-refractivity contribution in [2.75, 3.05) is 0 Å². The molecule has 2 aromatic carbocycles. The molecule has 2 aromatic rings. The summed E-state index contributed by atoms with van der Waals surface area (Å²) in [6.07, 6.45) is -4.70. The van der Waals surface area contributed by atoms with Crippen molar-refractivity contribution in [2.45, 2.75) is 39.0 Å². The monoisotopic (exact) mass is 404 g/mol. The third-order valence-corrected chi connectivity index (χ3v) is 4.92. The zero-order valence-corrected chi connectivity index (χ0v) is 16.0. The Kier molecular flexibility index (Phi) is 5.86. The van der Waals surface area contributed by atoms with Crippen LogP contribution < -0.4 is 5.32 Å². The maximum Gasteiger partial charge on any atom is 0.419 e. The highest BCUT2D eigenvalue weighted by Crippen LogP contribution is 2.35. The summed E-state index contributed by atoms with van der Waals surface area (Å²) in [5.41, 5.74) is 2.44. The van der Waals surface area contributed by atoms with Crippen LogP contribution in [-0.2, 0) is 17.5 Å². The number of rotatable bonds is 5. The molecule has 152 valence electrons. The molecular formula is C22H20F4N2O. The summed E-state index contributed by atoms with van der Waals surface area (Å²) in [6, 6.07) is 12.3. The van der Waals surface area contributed by atoms with Crippen LogP contribution in [0.1, 0.15) is 43.0 Å². The molecule has 1 aliphatic rings. The summed E-state index contributed by atoms with van der Waals surface area (Å²) < 4.78 is 51.8. The number of carbonyl (C=O) groups excluding carboxylic acids is 1. The van der Waals surface area contributed by atoms with E-state index in [-0.39, 0.29) is 30.5 Å². The maximum atomic E-state index is 13.4. The Hall–Kier alpha value is -2.96. The molecule has 0 aromatic heterocycles. The molecule has 0 fully saturated rings. The van der Waals surface area contributed by atoms with E-state index in [1.165, 1.54) is 6.07 Å². The summed E-state index contributed by atoms with van der Waals surface area (Å²) in [5, 5.41) is 2.60. The molecule has 7 heteroatoms. The molecule has 0 saturated heterocycles. The van der Waals surface area contributed by atoms with Gasteiger partial charge in [-0.25, -0.2) is 4.39 Å². The number of alkyl halides is 3. The van der Waals surface area contributed by atoms with Crippen molar-refractivity contribution in [3.63, 3.8) is 0 Å². The van der Waals surface area contributed by atoms with Crippen molar-refractivity contribution in [1.29, 1.82) is 0 Å². The lowest BCUT2D eigenvalue weighted by Gasteiger charge is -2.12. The summed E-state index contributed by atoms with van der Waals surface area (Å²) in [7, 11) is 0. The van der Waals surface area contributed by atoms with Gasteiger partial charge in [0.15, 0.2) is 0 Å². The third-order valence-electron chi connectivity index (χ3n) is 4.92. The fraction of sp³-hybridized carbons (Fsp3) is 0.273. The number of amides is 1. The molecule has 0 radical (unpaired) electrons. The summed E-state index contributed by atoms with van der Waals surface area (Å²) in [6.45, 7) is 3.65. The first-order valence-corrected chi connectivity index (χ1v) is 9.08. The minimum atomic E-state index is -4.78. The highest BCUT2D eigenvalue weighted by molar-refractivity contribution is 6.05. The fourth-order valence-corrected chi connectivity index (χ4v) is 3.37. The quantitative estimate of drug-likeness (QED) is 0.668. The van der Waals surface area contributed by atoms with Crippen LogP contribution in [0.4, 0.5) is 17.6 Å². The number of hydrogen-bond acceptors (Lipinski definition) is 2. The van der Waals surface area contributed by atoms with E-state index < -0.39 is 17.6 Å². The second-order valence-corrected chi connectivity index (χ2v) is 6.95. The maximum absolute atomic E-state index is 13.4. The Balaban J connectivity index is 1.67. The SMILES string of the molecule is CC1=NC(c2ccccc2)C(C)=C1CC(=O)NCc1ccc(F)c(C(F)(F)F)c1. The van der Waals surface area contributed by atoms with Crippen molar-refractivity contribution in [3.8, 4) is 0 Å². The molecule has 0 saturated carbocycles. The normalized spacial score (nSPS) is 16.8. The van der Waals surface area contributed by atoms with Crippen LogP contribution in [0.15, 0.2) is 64.7 Å². The number of benzene rings is 2. The lowest BCUT2D eigenvalue weighted by atomic mass is 9.96. The largest absolute Gasteiger partial charge is 0.419 e. The second-order valence-electron chi connectivity index (χ2n) is 6.95. The zero-order valence-electron chi connectivity index (χ0n) is 16.0. The van der Waals surface area contributed by atoms with Crippen molar-refractivity contribution < 1.29 is 22.4 Å². The van der Waals surface area contributed by atoms with Gasteiger partial charge in [-0.05, 0) is 48.3 Å². The first-order chi connectivity index (χ1) is 13.7. The highest BCUT2D eigenvalue weighted by Gasteiger charge is 2.34. The van der Waals surface area contributed by atoms with Gasteiger partial charge in [0.05, 0.1) is 18.0 Å². The Morgan fingerprint density at radius 1 is 1.10 bits per heavy atom. The van der Waals surface area contributed by atoms with Crippen LogP contribution in [0.3, 0.4) is 0 Å². The van der Waals surface area contributed by atoms with E-state index >= 15 is 0 Å². The number of nitrogens with one attached hydrogen (secondary N) is 1. The van der Waals surface area contributed by atoms with Crippen molar-refractivity contribution >= 4 is 11.6 Å². The Labute approximate surface area is 166 Å². The average Bonchev–Trinajstić information content (AvgIpc) is 2.95. The lowest BCUT2D eigenvalue weighted by molar-refractivity contribution is -0.140. The fourth-order valence-electron chi connectivity index (χ4n) is 3.37. The van der Waals surface area contributed by atoms with E-state index in [0.717, 1.165) is 28.5 Å². The van der Waals surface area contributed by atoms with Gasteiger partial charge in [0.1, 0.15) is 5.82 Å². The number of aliphatic imine (C=N–C) groups is 1. The number of carbonyl (C=O) groups is 1. The third kappa shape index (κ3) is 4.72. The Morgan fingerprint density at radius 2 is 1.79 bits per heavy atom. The van der Waals surface area contributed by atoms with Gasteiger partial charge in [-0.3, -0.25) is 9.79 Å². The summed E-state index contributed by atoms with van der Waals surface area (Å²) in [5.74, 6) is -1.67. The van der Waals surface area contributed by atoms with Gasteiger partial charge in [-0.15, -0.1) is 0 Å². The van der Waals surface area contributed by atoms with E-state index in [9.17, 15) is 22.4 Å². The van der Waals surface area contributed by atoms with Gasteiger partial charge >= 0.3 is 6.18 Å². The predicted molar refractivity (Wildman–Crippen MR) is 103 cm³/mol. The molecule has 1 N–H and O–H groups in total. The van der Waals surface area contributed by atoms with Crippen LogP contribution in [0.5, 0.6) is 0 Å².